The van der Waals surface area contributed by atoms with Crippen LogP contribution >= 0.6 is 0 Å². The Morgan fingerprint density at radius 1 is 1.47 bits per heavy atom. The van der Waals surface area contributed by atoms with E-state index in [1.807, 2.05) is 0 Å². The molecule has 0 rings (SSSR count). The Labute approximate surface area is 90.2 Å². The summed E-state index contributed by atoms with van der Waals surface area (Å²) in [6.45, 7) is 5.67. The molecule has 0 heterocycles. The van der Waals surface area contributed by atoms with Gasteiger partial charge in [0.1, 0.15) is 0 Å². The standard InChI is InChI=1S/C11H15NO3/c1-4-7-8-9-10(13)12(5-2)11(14)15-6-3/h10,13H,5-6H2,1-3H3. The molecule has 0 saturated carbocycles. The molecular weight excluding hydrogens is 194 g/mol. The van der Waals surface area contributed by atoms with Crippen molar-refractivity contribution in [3.8, 4) is 23.7 Å². The maximum Gasteiger partial charge on any atom is 0.412 e. The minimum absolute atomic E-state index is 0.268. The molecule has 0 spiro atoms. The Kier molecular flexibility index (Phi) is 6.88. The zero-order valence-electron chi connectivity index (χ0n) is 9.20. The molecule has 1 unspecified atom stereocenters. The second-order valence-corrected chi connectivity index (χ2v) is 2.50. The van der Waals surface area contributed by atoms with E-state index in [2.05, 4.69) is 23.7 Å². The van der Waals surface area contributed by atoms with Gasteiger partial charge in [0, 0.05) is 6.54 Å². The number of carbonyl (C=O) groups is 1. The summed E-state index contributed by atoms with van der Waals surface area (Å²) >= 11 is 0. The molecule has 1 amide bonds. The molecule has 0 saturated heterocycles. The molecule has 82 valence electrons. The molecule has 0 aromatic heterocycles. The lowest BCUT2D eigenvalue weighted by molar-refractivity contribution is 0.0358. The summed E-state index contributed by atoms with van der Waals surface area (Å²) in [5, 5.41) is 9.52. The molecule has 0 aliphatic rings. The van der Waals surface area contributed by atoms with E-state index in [1.165, 1.54) is 0 Å². The van der Waals surface area contributed by atoms with Crippen LogP contribution < -0.4 is 0 Å². The van der Waals surface area contributed by atoms with E-state index in [4.69, 9.17) is 4.74 Å². The molecule has 0 fully saturated rings. The summed E-state index contributed by atoms with van der Waals surface area (Å²) in [6, 6.07) is 0. The van der Waals surface area contributed by atoms with Gasteiger partial charge in [-0.1, -0.05) is 5.92 Å². The molecule has 4 nitrogen and oxygen atoms in total. The highest BCUT2D eigenvalue weighted by atomic mass is 16.6. The molecule has 4 heteroatoms. The van der Waals surface area contributed by atoms with Crippen molar-refractivity contribution >= 4 is 6.09 Å². The predicted molar refractivity (Wildman–Crippen MR) is 56.6 cm³/mol. The van der Waals surface area contributed by atoms with Crippen LogP contribution in [0.5, 0.6) is 0 Å². The highest BCUT2D eigenvalue weighted by Gasteiger charge is 2.18. The number of amides is 1. The van der Waals surface area contributed by atoms with E-state index in [-0.39, 0.29) is 6.61 Å². The van der Waals surface area contributed by atoms with Crippen molar-refractivity contribution < 1.29 is 14.6 Å². The molecule has 15 heavy (non-hydrogen) atoms. The number of hydrogen-bond donors (Lipinski definition) is 1. The van der Waals surface area contributed by atoms with E-state index in [0.29, 0.717) is 6.54 Å². The molecular formula is C11H15NO3. The van der Waals surface area contributed by atoms with Crippen LogP contribution in [0, 0.1) is 23.7 Å². The van der Waals surface area contributed by atoms with Crippen molar-refractivity contribution in [1.29, 1.82) is 0 Å². The molecule has 0 aliphatic carbocycles. The first-order chi connectivity index (χ1) is 7.17. The number of nitrogens with zero attached hydrogens (tertiary/aromatic N) is 1. The van der Waals surface area contributed by atoms with Crippen molar-refractivity contribution in [2.24, 2.45) is 0 Å². The van der Waals surface area contributed by atoms with Crippen molar-refractivity contribution in [1.82, 2.24) is 4.90 Å². The number of aliphatic hydroxyl groups excluding tert-OH is 1. The van der Waals surface area contributed by atoms with Crippen LogP contribution in [0.1, 0.15) is 20.8 Å². The first-order valence-electron chi connectivity index (χ1n) is 4.71. The fraction of sp³-hybridized carbons (Fsp3) is 0.545. The number of aliphatic hydroxyl groups is 1. The number of ether oxygens (including phenoxy) is 1. The summed E-state index contributed by atoms with van der Waals surface area (Å²) in [4.78, 5) is 12.4. The van der Waals surface area contributed by atoms with Gasteiger partial charge in [-0.25, -0.2) is 4.79 Å². The van der Waals surface area contributed by atoms with Gasteiger partial charge >= 0.3 is 6.09 Å². The lowest BCUT2D eigenvalue weighted by Gasteiger charge is -2.21. The Morgan fingerprint density at radius 3 is 2.60 bits per heavy atom. The highest BCUT2D eigenvalue weighted by molar-refractivity contribution is 5.68. The fourth-order valence-electron chi connectivity index (χ4n) is 0.849. The Balaban J connectivity index is 4.46. The van der Waals surface area contributed by atoms with Gasteiger partial charge in [0.2, 0.25) is 0 Å². The summed E-state index contributed by atoms with van der Waals surface area (Å²) in [5.74, 6) is 9.91. The van der Waals surface area contributed by atoms with Gasteiger partial charge in [0.15, 0.2) is 6.23 Å². The third-order valence-corrected chi connectivity index (χ3v) is 1.53. The normalized spacial score (nSPS) is 10.1. The van der Waals surface area contributed by atoms with E-state index in [0.717, 1.165) is 4.90 Å². The van der Waals surface area contributed by atoms with E-state index < -0.39 is 12.3 Å². The zero-order chi connectivity index (χ0) is 11.7. The van der Waals surface area contributed by atoms with Crippen LogP contribution in [0.3, 0.4) is 0 Å². The topological polar surface area (TPSA) is 49.8 Å². The molecule has 0 aliphatic heterocycles. The quantitative estimate of drug-likeness (QED) is 0.552. The summed E-state index contributed by atoms with van der Waals surface area (Å²) in [5.41, 5.74) is 0. The minimum atomic E-state index is -1.17. The zero-order valence-corrected chi connectivity index (χ0v) is 9.20. The molecule has 1 N–H and O–H groups in total. The van der Waals surface area contributed by atoms with Gasteiger partial charge < -0.3 is 9.84 Å². The van der Waals surface area contributed by atoms with Crippen molar-refractivity contribution in [3.05, 3.63) is 0 Å². The smallest absolute Gasteiger partial charge is 0.412 e. The monoisotopic (exact) mass is 209 g/mol. The van der Waals surface area contributed by atoms with Gasteiger partial charge in [0.05, 0.1) is 6.61 Å². The molecule has 0 bridgehead atoms. The average molecular weight is 209 g/mol. The van der Waals surface area contributed by atoms with Crippen molar-refractivity contribution in [3.63, 3.8) is 0 Å². The van der Waals surface area contributed by atoms with Crippen LogP contribution in [0.25, 0.3) is 0 Å². The lowest BCUT2D eigenvalue weighted by Crippen LogP contribution is -2.39. The molecule has 1 atom stereocenters. The largest absolute Gasteiger partial charge is 0.450 e. The lowest BCUT2D eigenvalue weighted by atomic mass is 10.4. The fourth-order valence-corrected chi connectivity index (χ4v) is 0.849. The van der Waals surface area contributed by atoms with Crippen LogP contribution in [0.15, 0.2) is 0 Å². The number of hydrogen-bond acceptors (Lipinski definition) is 3. The number of rotatable bonds is 3. The van der Waals surface area contributed by atoms with E-state index in [1.54, 1.807) is 20.8 Å². The van der Waals surface area contributed by atoms with Gasteiger partial charge in [-0.15, -0.1) is 0 Å². The summed E-state index contributed by atoms with van der Waals surface area (Å²) < 4.78 is 4.75. The number of carbonyl (C=O) groups excluding carboxylic acids is 1. The second kappa shape index (κ2) is 7.73. The Bertz CT molecular complexity index is 316. The predicted octanol–water partition coefficient (Wildman–Crippen LogP) is 0.810. The van der Waals surface area contributed by atoms with Gasteiger partial charge in [-0.3, -0.25) is 4.90 Å². The van der Waals surface area contributed by atoms with E-state index in [9.17, 15) is 9.90 Å². The molecule has 0 aromatic rings. The maximum absolute atomic E-state index is 11.3. The van der Waals surface area contributed by atoms with Crippen LogP contribution in [-0.4, -0.2) is 35.5 Å². The van der Waals surface area contributed by atoms with Gasteiger partial charge in [-0.05, 0) is 38.5 Å². The summed E-state index contributed by atoms with van der Waals surface area (Å²) in [6.07, 6.45) is -1.75. The van der Waals surface area contributed by atoms with Crippen LogP contribution in [0.4, 0.5) is 4.79 Å². The first-order valence-corrected chi connectivity index (χ1v) is 4.71. The van der Waals surface area contributed by atoms with Crippen LogP contribution in [-0.2, 0) is 4.74 Å². The van der Waals surface area contributed by atoms with Gasteiger partial charge in [-0.2, -0.15) is 0 Å². The highest BCUT2D eigenvalue weighted by Crippen LogP contribution is 1.98. The SMILES string of the molecule is CC#CC#CC(O)N(CC)C(=O)OCC. The second-order valence-electron chi connectivity index (χ2n) is 2.50. The third-order valence-electron chi connectivity index (χ3n) is 1.53. The van der Waals surface area contributed by atoms with Crippen molar-refractivity contribution in [2.75, 3.05) is 13.2 Å². The Morgan fingerprint density at radius 2 is 2.13 bits per heavy atom. The van der Waals surface area contributed by atoms with E-state index >= 15 is 0 Å². The summed E-state index contributed by atoms with van der Waals surface area (Å²) in [7, 11) is 0. The molecule has 0 radical (unpaired) electrons. The Hall–Kier alpha value is -1.65. The maximum atomic E-state index is 11.3. The average Bonchev–Trinajstić information content (AvgIpc) is 2.19. The third kappa shape index (κ3) is 4.95. The first kappa shape index (κ1) is 13.4. The molecule has 0 aromatic carbocycles. The van der Waals surface area contributed by atoms with Crippen molar-refractivity contribution in [2.45, 2.75) is 27.0 Å². The van der Waals surface area contributed by atoms with Gasteiger partial charge in [0.25, 0.3) is 0 Å². The van der Waals surface area contributed by atoms with Crippen LogP contribution in [0.2, 0.25) is 0 Å². The minimum Gasteiger partial charge on any atom is -0.450 e.